The van der Waals surface area contributed by atoms with E-state index < -0.39 is 5.60 Å². The van der Waals surface area contributed by atoms with Crippen LogP contribution in [0.15, 0.2) is 18.6 Å². The van der Waals surface area contributed by atoms with E-state index in [0.717, 1.165) is 11.5 Å². The molecule has 0 aromatic carbocycles. The lowest BCUT2D eigenvalue weighted by Crippen LogP contribution is -2.32. The molecule has 98 valence electrons. The van der Waals surface area contributed by atoms with Crippen LogP contribution in [0.4, 0.5) is 11.6 Å². The van der Waals surface area contributed by atoms with Gasteiger partial charge in [-0.1, -0.05) is 6.92 Å². The maximum absolute atomic E-state index is 10.0. The average Bonchev–Trinajstić information content (AvgIpc) is 2.84. The fourth-order valence-electron chi connectivity index (χ4n) is 1.57. The summed E-state index contributed by atoms with van der Waals surface area (Å²) in [6.45, 7) is 4.18. The Bertz CT molecular complexity index is 534. The molecule has 0 radical (unpaired) electrons. The number of hydrogen-bond acceptors (Lipinski definition) is 5. The van der Waals surface area contributed by atoms with Crippen molar-refractivity contribution >= 4 is 17.3 Å². The molecule has 2 aromatic heterocycles. The van der Waals surface area contributed by atoms with Crippen molar-refractivity contribution in [1.82, 2.24) is 14.4 Å². The molecule has 18 heavy (non-hydrogen) atoms. The zero-order valence-electron chi connectivity index (χ0n) is 10.9. The summed E-state index contributed by atoms with van der Waals surface area (Å²) in [7, 11) is 1.82. The van der Waals surface area contributed by atoms with Crippen molar-refractivity contribution in [2.24, 2.45) is 0 Å². The molecule has 0 aliphatic carbocycles. The van der Waals surface area contributed by atoms with E-state index in [1.807, 2.05) is 30.8 Å². The van der Waals surface area contributed by atoms with Gasteiger partial charge in [-0.25, -0.2) is 9.97 Å². The molecule has 0 aliphatic rings. The minimum atomic E-state index is -0.749. The molecule has 0 saturated heterocycles. The van der Waals surface area contributed by atoms with Crippen molar-refractivity contribution in [2.45, 2.75) is 25.9 Å². The number of hydrogen-bond donors (Lipinski definition) is 3. The van der Waals surface area contributed by atoms with Crippen LogP contribution in [-0.2, 0) is 0 Å². The van der Waals surface area contributed by atoms with Gasteiger partial charge < -0.3 is 20.1 Å². The lowest BCUT2D eigenvalue weighted by molar-refractivity contribution is 0.0697. The van der Waals surface area contributed by atoms with Crippen molar-refractivity contribution in [3.63, 3.8) is 0 Å². The SMILES string of the molecule is CCC(C)(O)CNc1nc(NC)cn2ccnc12. The summed E-state index contributed by atoms with van der Waals surface area (Å²) in [6, 6.07) is 0. The molecule has 0 fully saturated rings. The summed E-state index contributed by atoms with van der Waals surface area (Å²) in [6.07, 6.45) is 6.13. The monoisotopic (exact) mass is 249 g/mol. The number of nitrogens with one attached hydrogen (secondary N) is 2. The van der Waals surface area contributed by atoms with Gasteiger partial charge in [0.2, 0.25) is 0 Å². The Morgan fingerprint density at radius 2 is 2.28 bits per heavy atom. The molecule has 0 spiro atoms. The molecule has 2 rings (SSSR count). The topological polar surface area (TPSA) is 74.5 Å². The number of nitrogens with zero attached hydrogens (tertiary/aromatic N) is 3. The molecule has 1 unspecified atom stereocenters. The second-order valence-corrected chi connectivity index (χ2v) is 4.59. The first-order valence-corrected chi connectivity index (χ1v) is 6.03. The molecule has 2 heterocycles. The van der Waals surface area contributed by atoms with E-state index in [2.05, 4.69) is 20.6 Å². The van der Waals surface area contributed by atoms with Gasteiger partial charge in [-0.2, -0.15) is 0 Å². The van der Waals surface area contributed by atoms with E-state index in [-0.39, 0.29) is 0 Å². The molecule has 0 aliphatic heterocycles. The summed E-state index contributed by atoms with van der Waals surface area (Å²) >= 11 is 0. The number of fused-ring (bicyclic) bond motifs is 1. The number of aromatic nitrogens is 3. The van der Waals surface area contributed by atoms with Crippen molar-refractivity contribution in [2.75, 3.05) is 24.2 Å². The Balaban J connectivity index is 2.28. The molecule has 1 atom stereocenters. The Morgan fingerprint density at radius 3 is 2.94 bits per heavy atom. The second kappa shape index (κ2) is 4.81. The van der Waals surface area contributed by atoms with Gasteiger partial charge in [0, 0.05) is 26.0 Å². The van der Waals surface area contributed by atoms with Gasteiger partial charge >= 0.3 is 0 Å². The molecule has 0 bridgehead atoms. The first-order valence-electron chi connectivity index (χ1n) is 6.03. The largest absolute Gasteiger partial charge is 0.388 e. The zero-order valence-corrected chi connectivity index (χ0v) is 10.9. The molecule has 6 nitrogen and oxygen atoms in total. The fraction of sp³-hybridized carbons (Fsp3) is 0.500. The number of rotatable bonds is 5. The quantitative estimate of drug-likeness (QED) is 0.745. The Morgan fingerprint density at radius 1 is 1.50 bits per heavy atom. The molecular weight excluding hydrogens is 230 g/mol. The predicted octanol–water partition coefficient (Wildman–Crippen LogP) is 1.34. The summed E-state index contributed by atoms with van der Waals surface area (Å²) in [5, 5.41) is 16.2. The number of anilines is 2. The Labute approximate surface area is 106 Å². The molecule has 2 aromatic rings. The van der Waals surface area contributed by atoms with Crippen molar-refractivity contribution < 1.29 is 5.11 Å². The maximum atomic E-state index is 10.0. The van der Waals surface area contributed by atoms with Crippen molar-refractivity contribution in [1.29, 1.82) is 0 Å². The highest BCUT2D eigenvalue weighted by Gasteiger charge is 2.18. The Hall–Kier alpha value is -1.82. The van der Waals surface area contributed by atoms with Gasteiger partial charge in [0.25, 0.3) is 0 Å². The van der Waals surface area contributed by atoms with Crippen molar-refractivity contribution in [3.8, 4) is 0 Å². The summed E-state index contributed by atoms with van der Waals surface area (Å²) in [4.78, 5) is 8.66. The van der Waals surface area contributed by atoms with E-state index >= 15 is 0 Å². The maximum Gasteiger partial charge on any atom is 0.180 e. The average molecular weight is 249 g/mol. The number of aliphatic hydroxyl groups is 1. The predicted molar refractivity (Wildman–Crippen MR) is 71.9 cm³/mol. The standard InChI is InChI=1S/C12H19N5O/c1-4-12(2,18)8-15-10-11-14-5-6-17(11)7-9(13-3)16-10/h5-7,13,18H,4,8H2,1-3H3,(H,15,16). The van der Waals surface area contributed by atoms with E-state index in [9.17, 15) is 5.11 Å². The molecule has 3 N–H and O–H groups in total. The second-order valence-electron chi connectivity index (χ2n) is 4.59. The van der Waals surface area contributed by atoms with E-state index in [1.54, 1.807) is 13.1 Å². The van der Waals surface area contributed by atoms with Crippen LogP contribution in [0, 0.1) is 0 Å². The highest BCUT2D eigenvalue weighted by atomic mass is 16.3. The highest BCUT2D eigenvalue weighted by Crippen LogP contribution is 2.17. The summed E-state index contributed by atoms with van der Waals surface area (Å²) in [5.41, 5.74) is 0.00174. The third kappa shape index (κ3) is 2.53. The van der Waals surface area contributed by atoms with Crippen LogP contribution < -0.4 is 10.6 Å². The van der Waals surface area contributed by atoms with Crippen LogP contribution in [0.5, 0.6) is 0 Å². The van der Waals surface area contributed by atoms with Crippen LogP contribution >= 0.6 is 0 Å². The zero-order chi connectivity index (χ0) is 13.2. The summed E-state index contributed by atoms with van der Waals surface area (Å²) < 4.78 is 1.89. The fourth-order valence-corrected chi connectivity index (χ4v) is 1.57. The van der Waals surface area contributed by atoms with Gasteiger partial charge in [0.15, 0.2) is 11.5 Å². The van der Waals surface area contributed by atoms with Crippen LogP contribution in [0.2, 0.25) is 0 Å². The molecular formula is C12H19N5O. The highest BCUT2D eigenvalue weighted by molar-refractivity contribution is 5.65. The van der Waals surface area contributed by atoms with Crippen LogP contribution in [0.25, 0.3) is 5.65 Å². The minimum Gasteiger partial charge on any atom is -0.388 e. The van der Waals surface area contributed by atoms with Gasteiger partial charge in [-0.15, -0.1) is 0 Å². The lowest BCUT2D eigenvalue weighted by Gasteiger charge is -2.22. The van der Waals surface area contributed by atoms with Crippen molar-refractivity contribution in [3.05, 3.63) is 18.6 Å². The first-order chi connectivity index (χ1) is 8.55. The minimum absolute atomic E-state index is 0.437. The normalized spacial score (nSPS) is 14.4. The smallest absolute Gasteiger partial charge is 0.180 e. The molecule has 0 amide bonds. The molecule has 6 heteroatoms. The summed E-state index contributed by atoms with van der Waals surface area (Å²) in [5.74, 6) is 1.42. The Kier molecular flexibility index (Phi) is 3.38. The number of imidazole rings is 1. The van der Waals surface area contributed by atoms with Crippen LogP contribution in [-0.4, -0.2) is 38.7 Å². The third-order valence-electron chi connectivity index (χ3n) is 3.03. The van der Waals surface area contributed by atoms with Gasteiger partial charge in [0.05, 0.1) is 11.8 Å². The van der Waals surface area contributed by atoms with Crippen LogP contribution in [0.3, 0.4) is 0 Å². The van der Waals surface area contributed by atoms with Gasteiger partial charge in [-0.3, -0.25) is 0 Å². The molecule has 0 saturated carbocycles. The van der Waals surface area contributed by atoms with Gasteiger partial charge in [0.1, 0.15) is 5.82 Å². The van der Waals surface area contributed by atoms with E-state index in [1.165, 1.54) is 0 Å². The first kappa shape index (κ1) is 12.6. The van der Waals surface area contributed by atoms with E-state index in [0.29, 0.717) is 18.8 Å². The lowest BCUT2D eigenvalue weighted by atomic mass is 10.0. The van der Waals surface area contributed by atoms with E-state index in [4.69, 9.17) is 0 Å². The third-order valence-corrected chi connectivity index (χ3v) is 3.03. The van der Waals surface area contributed by atoms with Crippen LogP contribution in [0.1, 0.15) is 20.3 Å². The van der Waals surface area contributed by atoms with Gasteiger partial charge in [-0.05, 0) is 13.3 Å².